The Kier molecular flexibility index (Phi) is 7.44. The van der Waals surface area contributed by atoms with Crippen LogP contribution in [0.3, 0.4) is 0 Å². The summed E-state index contributed by atoms with van der Waals surface area (Å²) in [4.78, 5) is 11.3. The highest BCUT2D eigenvalue weighted by Crippen LogP contribution is 2.12. The maximum Gasteiger partial charge on any atom is 0.314 e. The third-order valence-corrected chi connectivity index (χ3v) is 2.93. The number of carbonyl (C=O) groups is 1. The molecule has 0 fully saturated rings. The molecular formula is C13H19BrN2O2. The Hall–Kier alpha value is -1.07. The fourth-order valence-electron chi connectivity index (χ4n) is 1.53. The molecule has 0 bridgehead atoms. The molecule has 1 aromatic carbocycles. The van der Waals surface area contributed by atoms with E-state index in [0.717, 1.165) is 17.3 Å². The molecule has 0 aromatic heterocycles. The second-order valence-corrected chi connectivity index (χ2v) is 4.91. The number of aliphatic hydroxyl groups excluding tert-OH is 1. The normalized spacial score (nSPS) is 10.1. The van der Waals surface area contributed by atoms with Gasteiger partial charge in [-0.3, -0.25) is 0 Å². The van der Waals surface area contributed by atoms with Crippen molar-refractivity contribution in [2.45, 2.75) is 19.3 Å². The third-order valence-electron chi connectivity index (χ3n) is 2.44. The van der Waals surface area contributed by atoms with Gasteiger partial charge in [-0.15, -0.1) is 0 Å². The van der Waals surface area contributed by atoms with Crippen LogP contribution in [0.2, 0.25) is 0 Å². The van der Waals surface area contributed by atoms with Crippen LogP contribution in [-0.2, 0) is 6.42 Å². The van der Waals surface area contributed by atoms with Crippen molar-refractivity contribution < 1.29 is 9.90 Å². The monoisotopic (exact) mass is 314 g/mol. The number of amides is 2. The predicted octanol–water partition coefficient (Wildman–Crippen LogP) is 2.06. The van der Waals surface area contributed by atoms with Crippen molar-refractivity contribution in [3.8, 4) is 0 Å². The Morgan fingerprint density at radius 1 is 1.22 bits per heavy atom. The summed E-state index contributed by atoms with van der Waals surface area (Å²) in [5, 5.41) is 14.0. The molecule has 2 amide bonds. The van der Waals surface area contributed by atoms with E-state index in [9.17, 15) is 4.79 Å². The molecule has 4 nitrogen and oxygen atoms in total. The minimum absolute atomic E-state index is 0.100. The number of nitrogens with one attached hydrogen (secondary N) is 2. The molecule has 0 aliphatic heterocycles. The summed E-state index contributed by atoms with van der Waals surface area (Å²) in [6, 6.07) is 8.00. The van der Waals surface area contributed by atoms with Gasteiger partial charge in [-0.25, -0.2) is 4.79 Å². The molecule has 0 atom stereocenters. The number of aliphatic hydroxyl groups is 1. The molecular weight excluding hydrogens is 296 g/mol. The first kappa shape index (κ1) is 15.0. The average molecular weight is 315 g/mol. The maximum absolute atomic E-state index is 11.3. The molecule has 0 heterocycles. The minimum atomic E-state index is -0.169. The van der Waals surface area contributed by atoms with Crippen molar-refractivity contribution in [1.82, 2.24) is 10.6 Å². The lowest BCUT2D eigenvalue weighted by atomic mass is 10.1. The first-order valence-electron chi connectivity index (χ1n) is 6.09. The minimum Gasteiger partial charge on any atom is -0.396 e. The fraction of sp³-hybridized carbons (Fsp3) is 0.462. The van der Waals surface area contributed by atoms with Crippen molar-refractivity contribution in [3.63, 3.8) is 0 Å². The zero-order chi connectivity index (χ0) is 13.2. The van der Waals surface area contributed by atoms with Crippen LogP contribution in [0.4, 0.5) is 4.79 Å². The Bertz CT molecular complexity index is 372. The van der Waals surface area contributed by atoms with Crippen molar-refractivity contribution in [3.05, 3.63) is 34.3 Å². The summed E-state index contributed by atoms with van der Waals surface area (Å²) in [6.45, 7) is 1.26. The highest BCUT2D eigenvalue weighted by Gasteiger charge is 1.99. The van der Waals surface area contributed by atoms with Crippen LogP contribution in [0.5, 0.6) is 0 Å². The van der Waals surface area contributed by atoms with Crippen LogP contribution in [0.1, 0.15) is 18.4 Å². The highest BCUT2D eigenvalue weighted by atomic mass is 79.9. The number of aryl methyl sites for hydroxylation is 1. The van der Waals surface area contributed by atoms with Gasteiger partial charge in [-0.1, -0.05) is 28.1 Å². The standard InChI is InChI=1S/C13H19BrN2O2/c14-12-6-1-4-11(10-12)5-2-7-15-13(18)16-8-3-9-17/h1,4,6,10,17H,2-3,5,7-9H2,(H2,15,16,18). The van der Waals surface area contributed by atoms with Crippen molar-refractivity contribution in [2.24, 2.45) is 0 Å². The van der Waals surface area contributed by atoms with Crippen LogP contribution in [0, 0.1) is 0 Å². The molecule has 0 saturated heterocycles. The SMILES string of the molecule is O=C(NCCCO)NCCCc1cccc(Br)c1. The van der Waals surface area contributed by atoms with Gasteiger partial charge >= 0.3 is 6.03 Å². The zero-order valence-corrected chi connectivity index (χ0v) is 11.9. The van der Waals surface area contributed by atoms with Gasteiger partial charge in [0.1, 0.15) is 0 Å². The molecule has 0 radical (unpaired) electrons. The molecule has 3 N–H and O–H groups in total. The van der Waals surface area contributed by atoms with Gasteiger partial charge in [-0.05, 0) is 37.0 Å². The van der Waals surface area contributed by atoms with Gasteiger partial charge in [0.25, 0.3) is 0 Å². The van der Waals surface area contributed by atoms with Crippen LogP contribution in [-0.4, -0.2) is 30.8 Å². The number of benzene rings is 1. The first-order valence-corrected chi connectivity index (χ1v) is 6.88. The molecule has 0 aliphatic carbocycles. The summed E-state index contributed by atoms with van der Waals surface area (Å²) in [5.74, 6) is 0. The molecule has 0 spiro atoms. The van der Waals surface area contributed by atoms with E-state index in [2.05, 4.69) is 38.7 Å². The smallest absolute Gasteiger partial charge is 0.314 e. The van der Waals surface area contributed by atoms with Crippen molar-refractivity contribution >= 4 is 22.0 Å². The van der Waals surface area contributed by atoms with Gasteiger partial charge in [0.05, 0.1) is 0 Å². The number of rotatable bonds is 7. The second-order valence-electron chi connectivity index (χ2n) is 3.99. The topological polar surface area (TPSA) is 61.4 Å². The molecule has 0 saturated carbocycles. The van der Waals surface area contributed by atoms with Gasteiger partial charge in [0.2, 0.25) is 0 Å². The van der Waals surface area contributed by atoms with E-state index in [-0.39, 0.29) is 12.6 Å². The fourth-order valence-corrected chi connectivity index (χ4v) is 1.98. The summed E-state index contributed by atoms with van der Waals surface area (Å²) >= 11 is 3.43. The van der Waals surface area contributed by atoms with E-state index in [1.54, 1.807) is 0 Å². The van der Waals surface area contributed by atoms with E-state index >= 15 is 0 Å². The van der Waals surface area contributed by atoms with Crippen LogP contribution in [0.25, 0.3) is 0 Å². The number of hydrogen-bond donors (Lipinski definition) is 3. The Labute approximate surface area is 116 Å². The lowest BCUT2D eigenvalue weighted by molar-refractivity contribution is 0.238. The second kappa shape index (κ2) is 8.94. The van der Waals surface area contributed by atoms with E-state index < -0.39 is 0 Å². The number of halogens is 1. The molecule has 1 aromatic rings. The van der Waals surface area contributed by atoms with Gasteiger partial charge in [-0.2, -0.15) is 0 Å². The van der Waals surface area contributed by atoms with Crippen LogP contribution < -0.4 is 10.6 Å². The summed E-state index contributed by atoms with van der Waals surface area (Å²) < 4.78 is 1.08. The Morgan fingerprint density at radius 2 is 1.94 bits per heavy atom. The van der Waals surface area contributed by atoms with Gasteiger partial charge in [0, 0.05) is 24.2 Å². The average Bonchev–Trinajstić information content (AvgIpc) is 2.35. The zero-order valence-electron chi connectivity index (χ0n) is 10.3. The molecule has 0 unspecified atom stereocenters. The quantitative estimate of drug-likeness (QED) is 0.675. The van der Waals surface area contributed by atoms with Crippen LogP contribution >= 0.6 is 15.9 Å². The summed E-state index contributed by atoms with van der Waals surface area (Å²) in [5.41, 5.74) is 1.26. The Morgan fingerprint density at radius 3 is 2.61 bits per heavy atom. The number of carbonyl (C=O) groups excluding carboxylic acids is 1. The number of urea groups is 1. The van der Waals surface area contributed by atoms with Crippen molar-refractivity contribution in [1.29, 1.82) is 0 Å². The molecule has 1 rings (SSSR count). The molecule has 18 heavy (non-hydrogen) atoms. The first-order chi connectivity index (χ1) is 8.72. The highest BCUT2D eigenvalue weighted by molar-refractivity contribution is 9.10. The number of hydrogen-bond acceptors (Lipinski definition) is 2. The van der Waals surface area contributed by atoms with E-state index in [0.29, 0.717) is 19.5 Å². The van der Waals surface area contributed by atoms with Crippen LogP contribution in [0.15, 0.2) is 28.7 Å². The molecule has 100 valence electrons. The van der Waals surface area contributed by atoms with Gasteiger partial charge in [0.15, 0.2) is 0 Å². The third kappa shape index (κ3) is 6.61. The van der Waals surface area contributed by atoms with E-state index in [1.165, 1.54) is 5.56 Å². The maximum atomic E-state index is 11.3. The Balaban J connectivity index is 2.09. The van der Waals surface area contributed by atoms with E-state index in [4.69, 9.17) is 5.11 Å². The molecule has 0 aliphatic rings. The lowest BCUT2D eigenvalue weighted by Gasteiger charge is -2.07. The summed E-state index contributed by atoms with van der Waals surface area (Å²) in [6.07, 6.45) is 2.44. The predicted molar refractivity (Wildman–Crippen MR) is 75.6 cm³/mol. The lowest BCUT2D eigenvalue weighted by Crippen LogP contribution is -2.36. The van der Waals surface area contributed by atoms with E-state index in [1.807, 2.05) is 12.1 Å². The largest absolute Gasteiger partial charge is 0.396 e. The molecule has 5 heteroatoms. The van der Waals surface area contributed by atoms with Gasteiger partial charge < -0.3 is 15.7 Å². The summed E-state index contributed by atoms with van der Waals surface area (Å²) in [7, 11) is 0. The van der Waals surface area contributed by atoms with Crippen molar-refractivity contribution in [2.75, 3.05) is 19.7 Å².